The molecule has 0 aliphatic heterocycles. The predicted molar refractivity (Wildman–Crippen MR) is 86.2 cm³/mol. The summed E-state index contributed by atoms with van der Waals surface area (Å²) < 4.78 is 22.8. The number of guanidine groups is 1. The first-order chi connectivity index (χ1) is 9.50. The molecule has 0 amide bonds. The lowest BCUT2D eigenvalue weighted by Gasteiger charge is -2.11. The number of aliphatic imine (C=N–C) groups is 1. The Morgan fingerprint density at radius 3 is 2.50 bits per heavy atom. The number of hydrogen-bond donors (Lipinski definition) is 2. The predicted octanol–water partition coefficient (Wildman–Crippen LogP) is 1.41. The zero-order valence-corrected chi connectivity index (χ0v) is 13.9. The summed E-state index contributed by atoms with van der Waals surface area (Å²) in [7, 11) is -1.26. The Morgan fingerprint density at radius 1 is 1.25 bits per heavy atom. The van der Waals surface area contributed by atoms with Gasteiger partial charge in [-0.05, 0) is 18.6 Å². The Balaban J connectivity index is 2.37. The molecular formula is C13H23N3O2S2. The van der Waals surface area contributed by atoms with Gasteiger partial charge < -0.3 is 10.6 Å². The maximum Gasteiger partial charge on any atom is 0.191 e. The van der Waals surface area contributed by atoms with Crippen LogP contribution in [0.2, 0.25) is 0 Å². The summed E-state index contributed by atoms with van der Waals surface area (Å²) in [5, 5.41) is 6.20. The second-order valence-electron chi connectivity index (χ2n) is 4.31. The summed E-state index contributed by atoms with van der Waals surface area (Å²) in [5.74, 6) is 0.932. The number of nitrogens with one attached hydrogen (secondary N) is 2. The second kappa shape index (κ2) is 8.26. The molecule has 0 aliphatic carbocycles. The van der Waals surface area contributed by atoms with E-state index >= 15 is 0 Å². The van der Waals surface area contributed by atoms with Gasteiger partial charge >= 0.3 is 0 Å². The highest BCUT2D eigenvalue weighted by Gasteiger charge is 2.07. The number of nitrogens with zero attached hydrogens (tertiary/aromatic N) is 1. The Morgan fingerprint density at radius 2 is 1.95 bits per heavy atom. The third-order valence-electron chi connectivity index (χ3n) is 2.86. The van der Waals surface area contributed by atoms with Crippen LogP contribution in [-0.2, 0) is 22.8 Å². The van der Waals surface area contributed by atoms with Gasteiger partial charge in [-0.15, -0.1) is 11.3 Å². The topological polar surface area (TPSA) is 70.6 Å². The van der Waals surface area contributed by atoms with Crippen molar-refractivity contribution in [2.24, 2.45) is 4.99 Å². The molecule has 0 saturated heterocycles. The average molecular weight is 317 g/mol. The largest absolute Gasteiger partial charge is 0.355 e. The van der Waals surface area contributed by atoms with Crippen LogP contribution in [0.25, 0.3) is 0 Å². The van der Waals surface area contributed by atoms with Gasteiger partial charge in [0.05, 0.1) is 12.3 Å². The molecule has 20 heavy (non-hydrogen) atoms. The van der Waals surface area contributed by atoms with Gasteiger partial charge in [-0.2, -0.15) is 0 Å². The van der Waals surface area contributed by atoms with Gasteiger partial charge in [-0.3, -0.25) is 4.99 Å². The van der Waals surface area contributed by atoms with Crippen LogP contribution < -0.4 is 10.6 Å². The zero-order chi connectivity index (χ0) is 15.0. The highest BCUT2D eigenvalue weighted by atomic mass is 32.2. The molecule has 0 atom stereocenters. The minimum absolute atomic E-state index is 0.128. The van der Waals surface area contributed by atoms with Crippen molar-refractivity contribution in [1.29, 1.82) is 0 Å². The van der Waals surface area contributed by atoms with Gasteiger partial charge in [-0.25, -0.2) is 8.42 Å². The average Bonchev–Trinajstić information content (AvgIpc) is 2.90. The molecule has 1 rings (SSSR count). The molecule has 7 heteroatoms. The highest BCUT2D eigenvalue weighted by Crippen LogP contribution is 2.16. The van der Waals surface area contributed by atoms with Gasteiger partial charge in [0.2, 0.25) is 0 Å². The van der Waals surface area contributed by atoms with E-state index in [0.717, 1.165) is 6.42 Å². The van der Waals surface area contributed by atoms with E-state index in [1.54, 1.807) is 25.3 Å². The first-order valence-corrected chi connectivity index (χ1v) is 9.37. The lowest BCUT2D eigenvalue weighted by Crippen LogP contribution is -2.39. The standard InChI is InChI=1S/C13H23N3O2S2/c1-4-11-6-7-12(19-11)10-16-13(14-3)15-8-9-20(17,18)5-2/h6-7H,4-5,8-10H2,1-3H3,(H2,14,15,16). The molecule has 0 radical (unpaired) electrons. The molecule has 1 heterocycles. The lowest BCUT2D eigenvalue weighted by atomic mass is 10.4. The van der Waals surface area contributed by atoms with Crippen LogP contribution in [-0.4, -0.2) is 39.5 Å². The maximum absolute atomic E-state index is 11.4. The molecule has 2 N–H and O–H groups in total. The van der Waals surface area contributed by atoms with Crippen LogP contribution in [0.4, 0.5) is 0 Å². The van der Waals surface area contributed by atoms with E-state index in [1.165, 1.54) is 9.75 Å². The molecule has 0 unspecified atom stereocenters. The number of rotatable bonds is 7. The highest BCUT2D eigenvalue weighted by molar-refractivity contribution is 7.91. The molecular weight excluding hydrogens is 294 g/mol. The Kier molecular flexibility index (Phi) is 7.01. The van der Waals surface area contributed by atoms with Crippen molar-refractivity contribution in [2.45, 2.75) is 26.8 Å². The smallest absolute Gasteiger partial charge is 0.191 e. The molecule has 5 nitrogen and oxygen atoms in total. The maximum atomic E-state index is 11.4. The van der Waals surface area contributed by atoms with E-state index in [-0.39, 0.29) is 11.5 Å². The molecule has 1 aromatic rings. The first-order valence-electron chi connectivity index (χ1n) is 6.73. The molecule has 0 aromatic carbocycles. The molecule has 0 bridgehead atoms. The van der Waals surface area contributed by atoms with E-state index in [9.17, 15) is 8.42 Å². The molecule has 0 saturated carbocycles. The number of hydrogen-bond acceptors (Lipinski definition) is 4. The minimum Gasteiger partial charge on any atom is -0.355 e. The summed E-state index contributed by atoms with van der Waals surface area (Å²) in [6, 6.07) is 4.23. The molecule has 1 aromatic heterocycles. The van der Waals surface area contributed by atoms with E-state index in [2.05, 4.69) is 34.7 Å². The summed E-state index contributed by atoms with van der Waals surface area (Å²) in [6.45, 7) is 4.87. The van der Waals surface area contributed by atoms with Crippen LogP contribution in [0.3, 0.4) is 0 Å². The van der Waals surface area contributed by atoms with Crippen molar-refractivity contribution in [3.8, 4) is 0 Å². The van der Waals surface area contributed by atoms with E-state index in [1.807, 2.05) is 0 Å². The molecule has 114 valence electrons. The van der Waals surface area contributed by atoms with Crippen LogP contribution in [0, 0.1) is 0 Å². The van der Waals surface area contributed by atoms with Gasteiger partial charge in [0, 0.05) is 29.1 Å². The summed E-state index contributed by atoms with van der Waals surface area (Å²) in [6.07, 6.45) is 1.05. The van der Waals surface area contributed by atoms with Crippen molar-refractivity contribution in [1.82, 2.24) is 10.6 Å². The van der Waals surface area contributed by atoms with Crippen LogP contribution >= 0.6 is 11.3 Å². The number of aryl methyl sites for hydroxylation is 1. The summed E-state index contributed by atoms with van der Waals surface area (Å²) in [4.78, 5) is 6.68. The van der Waals surface area contributed by atoms with Crippen molar-refractivity contribution in [3.63, 3.8) is 0 Å². The van der Waals surface area contributed by atoms with E-state index in [0.29, 0.717) is 19.0 Å². The Labute approximate surface area is 125 Å². The molecule has 0 fully saturated rings. The molecule has 0 spiro atoms. The van der Waals surface area contributed by atoms with Gasteiger partial charge in [0.1, 0.15) is 0 Å². The van der Waals surface area contributed by atoms with Crippen LogP contribution in [0.5, 0.6) is 0 Å². The van der Waals surface area contributed by atoms with Gasteiger partial charge in [-0.1, -0.05) is 13.8 Å². The number of thiophene rings is 1. The van der Waals surface area contributed by atoms with E-state index < -0.39 is 9.84 Å². The number of sulfone groups is 1. The monoisotopic (exact) mass is 317 g/mol. The zero-order valence-electron chi connectivity index (χ0n) is 12.3. The lowest BCUT2D eigenvalue weighted by molar-refractivity contribution is 0.595. The van der Waals surface area contributed by atoms with Gasteiger partial charge in [0.15, 0.2) is 15.8 Å². The van der Waals surface area contributed by atoms with E-state index in [4.69, 9.17) is 0 Å². The normalized spacial score (nSPS) is 12.4. The van der Waals surface area contributed by atoms with Crippen LogP contribution in [0.1, 0.15) is 23.6 Å². The third kappa shape index (κ3) is 5.92. The fourth-order valence-corrected chi connectivity index (χ4v) is 3.17. The van der Waals surface area contributed by atoms with Crippen molar-refractivity contribution < 1.29 is 8.42 Å². The summed E-state index contributed by atoms with van der Waals surface area (Å²) >= 11 is 1.78. The van der Waals surface area contributed by atoms with Crippen LogP contribution in [0.15, 0.2) is 17.1 Å². The fourth-order valence-electron chi connectivity index (χ4n) is 1.57. The van der Waals surface area contributed by atoms with Crippen molar-refractivity contribution in [2.75, 3.05) is 25.1 Å². The Bertz CT molecular complexity index is 536. The third-order valence-corrected chi connectivity index (χ3v) is 5.80. The van der Waals surface area contributed by atoms with Crippen molar-refractivity contribution in [3.05, 3.63) is 21.9 Å². The second-order valence-corrected chi connectivity index (χ2v) is 8.04. The van der Waals surface area contributed by atoms with Gasteiger partial charge in [0.25, 0.3) is 0 Å². The fraction of sp³-hybridized carbons (Fsp3) is 0.615. The van der Waals surface area contributed by atoms with Crippen molar-refractivity contribution >= 4 is 27.1 Å². The SMILES string of the molecule is CCc1ccc(CNC(=NC)NCCS(=O)(=O)CC)s1. The Hall–Kier alpha value is -1.08. The minimum atomic E-state index is -2.93. The first kappa shape index (κ1) is 17.0. The summed E-state index contributed by atoms with van der Waals surface area (Å²) in [5.41, 5.74) is 0. The quantitative estimate of drug-likeness (QED) is 0.589. The molecule has 0 aliphatic rings.